The summed E-state index contributed by atoms with van der Waals surface area (Å²) in [7, 11) is 0. The molecule has 0 spiro atoms. The number of carbonyl (C=O) groups excluding carboxylic acids is 1. The Bertz CT molecular complexity index is 1160. The topological polar surface area (TPSA) is 75.1 Å². The minimum Gasteiger partial charge on any atom is -0.488 e. The van der Waals surface area contributed by atoms with E-state index in [-0.39, 0.29) is 11.9 Å². The molecule has 2 aliphatic rings. The average molecular weight is 372 g/mol. The molecule has 1 fully saturated rings. The minimum absolute atomic E-state index is 0.0102. The zero-order chi connectivity index (χ0) is 19.5. The molecule has 0 amide bonds. The standard InChI is InChI=1S/C23H20N2O3/c1-23(2)18-10-14(28-15-7-8-27-12-15)4-6-16(18)21(26)20-17-5-3-13(11-24)9-19(17)25-22(20)23/h3-6,9-10,15,25H,7-8,12H2,1-2H3/t15-/m0/s1. The van der Waals surface area contributed by atoms with Gasteiger partial charge in [-0.25, -0.2) is 0 Å². The molecule has 0 unspecified atom stereocenters. The van der Waals surface area contributed by atoms with E-state index in [9.17, 15) is 10.1 Å². The first-order chi connectivity index (χ1) is 13.5. The van der Waals surface area contributed by atoms with E-state index in [1.54, 1.807) is 12.1 Å². The summed E-state index contributed by atoms with van der Waals surface area (Å²) in [5.41, 5.74) is 4.24. The van der Waals surface area contributed by atoms with Gasteiger partial charge in [-0.05, 0) is 35.9 Å². The van der Waals surface area contributed by atoms with E-state index in [0.29, 0.717) is 23.3 Å². The second-order valence-corrected chi connectivity index (χ2v) is 8.01. The van der Waals surface area contributed by atoms with Crippen LogP contribution < -0.4 is 4.74 Å². The summed E-state index contributed by atoms with van der Waals surface area (Å²) in [6, 6.07) is 13.3. The number of aromatic amines is 1. The number of aromatic nitrogens is 1. The molecule has 28 heavy (non-hydrogen) atoms. The predicted molar refractivity (Wildman–Crippen MR) is 105 cm³/mol. The summed E-state index contributed by atoms with van der Waals surface area (Å²) in [5.74, 6) is 0.775. The van der Waals surface area contributed by atoms with Crippen molar-refractivity contribution in [3.8, 4) is 11.8 Å². The lowest BCUT2D eigenvalue weighted by molar-refractivity contribution is 0.103. The molecule has 5 nitrogen and oxygen atoms in total. The van der Waals surface area contributed by atoms with Gasteiger partial charge in [0.05, 0.1) is 30.4 Å². The lowest BCUT2D eigenvalue weighted by Crippen LogP contribution is -2.30. The van der Waals surface area contributed by atoms with Gasteiger partial charge in [-0.2, -0.15) is 5.26 Å². The minimum atomic E-state index is -0.393. The van der Waals surface area contributed by atoms with Crippen molar-refractivity contribution in [1.29, 1.82) is 5.26 Å². The van der Waals surface area contributed by atoms with Gasteiger partial charge >= 0.3 is 0 Å². The van der Waals surface area contributed by atoms with Crippen molar-refractivity contribution in [1.82, 2.24) is 4.98 Å². The molecule has 0 saturated carbocycles. The van der Waals surface area contributed by atoms with E-state index in [2.05, 4.69) is 24.9 Å². The quantitative estimate of drug-likeness (QED) is 0.736. The number of rotatable bonds is 2. The molecular formula is C23H20N2O3. The zero-order valence-electron chi connectivity index (χ0n) is 15.8. The van der Waals surface area contributed by atoms with Gasteiger partial charge in [-0.3, -0.25) is 4.79 Å². The third-order valence-corrected chi connectivity index (χ3v) is 5.88. The molecule has 5 heteroatoms. The molecule has 1 aliphatic heterocycles. The summed E-state index contributed by atoms with van der Waals surface area (Å²) >= 11 is 0. The van der Waals surface area contributed by atoms with Crippen LogP contribution in [0.5, 0.6) is 5.75 Å². The number of benzene rings is 2. The molecule has 1 atom stereocenters. The van der Waals surface area contributed by atoms with Gasteiger partial charge in [-0.1, -0.05) is 19.9 Å². The number of nitrogens with one attached hydrogen (secondary N) is 1. The van der Waals surface area contributed by atoms with Crippen molar-refractivity contribution in [2.75, 3.05) is 13.2 Å². The molecular weight excluding hydrogens is 352 g/mol. The first-order valence-corrected chi connectivity index (χ1v) is 9.49. The van der Waals surface area contributed by atoms with E-state index < -0.39 is 5.41 Å². The highest BCUT2D eigenvalue weighted by atomic mass is 16.5. The van der Waals surface area contributed by atoms with Crippen molar-refractivity contribution < 1.29 is 14.3 Å². The number of ketones is 1. The second-order valence-electron chi connectivity index (χ2n) is 8.01. The van der Waals surface area contributed by atoms with E-state index in [0.717, 1.165) is 40.9 Å². The van der Waals surface area contributed by atoms with Gasteiger partial charge in [0.15, 0.2) is 5.78 Å². The van der Waals surface area contributed by atoms with Crippen LogP contribution in [0.1, 0.15) is 53.0 Å². The van der Waals surface area contributed by atoms with Gasteiger partial charge in [0.25, 0.3) is 0 Å². The van der Waals surface area contributed by atoms with E-state index >= 15 is 0 Å². The van der Waals surface area contributed by atoms with Gasteiger partial charge in [0, 0.05) is 34.0 Å². The largest absolute Gasteiger partial charge is 0.488 e. The van der Waals surface area contributed by atoms with Crippen LogP contribution in [0.3, 0.4) is 0 Å². The maximum Gasteiger partial charge on any atom is 0.195 e. The smallest absolute Gasteiger partial charge is 0.195 e. The summed E-state index contributed by atoms with van der Waals surface area (Å²) in [4.78, 5) is 16.7. The maximum atomic E-state index is 13.3. The molecule has 1 N–H and O–H groups in total. The van der Waals surface area contributed by atoms with Gasteiger partial charge in [0.1, 0.15) is 11.9 Å². The molecule has 1 saturated heterocycles. The number of hydrogen-bond donors (Lipinski definition) is 1. The van der Waals surface area contributed by atoms with Crippen LogP contribution in [0.2, 0.25) is 0 Å². The molecule has 0 radical (unpaired) electrons. The molecule has 0 bridgehead atoms. The Labute approximate surface area is 162 Å². The summed E-state index contributed by atoms with van der Waals surface area (Å²) in [5, 5.41) is 10.1. The van der Waals surface area contributed by atoms with Gasteiger partial charge < -0.3 is 14.5 Å². The first-order valence-electron chi connectivity index (χ1n) is 9.49. The molecule has 2 aromatic carbocycles. The summed E-state index contributed by atoms with van der Waals surface area (Å²) < 4.78 is 11.5. The van der Waals surface area contributed by atoms with Crippen LogP contribution in [-0.4, -0.2) is 30.1 Å². The van der Waals surface area contributed by atoms with Crippen molar-refractivity contribution in [2.45, 2.75) is 31.8 Å². The fourth-order valence-electron chi connectivity index (χ4n) is 4.35. The lowest BCUT2D eigenvalue weighted by Gasteiger charge is -2.32. The molecule has 1 aliphatic carbocycles. The first kappa shape index (κ1) is 17.0. The van der Waals surface area contributed by atoms with E-state index in [1.807, 2.05) is 24.3 Å². The Kier molecular flexibility index (Phi) is 3.62. The average Bonchev–Trinajstić information content (AvgIpc) is 3.33. The summed E-state index contributed by atoms with van der Waals surface area (Å²) in [6.45, 7) is 5.55. The van der Waals surface area contributed by atoms with Crippen molar-refractivity contribution in [2.24, 2.45) is 0 Å². The molecule has 1 aromatic heterocycles. The van der Waals surface area contributed by atoms with Gasteiger partial charge in [-0.15, -0.1) is 0 Å². The zero-order valence-corrected chi connectivity index (χ0v) is 15.8. The molecule has 2 heterocycles. The Morgan fingerprint density at radius 2 is 2.11 bits per heavy atom. The highest BCUT2D eigenvalue weighted by Gasteiger charge is 2.40. The number of hydrogen-bond acceptors (Lipinski definition) is 4. The number of H-pyrrole nitrogens is 1. The highest BCUT2D eigenvalue weighted by Crippen LogP contribution is 2.44. The van der Waals surface area contributed by atoms with Crippen LogP contribution in [0, 0.1) is 11.3 Å². The van der Waals surface area contributed by atoms with Crippen LogP contribution in [0.4, 0.5) is 0 Å². The SMILES string of the molecule is CC1(C)c2cc(O[C@H]3CCOC3)ccc2C(=O)c2c1[nH]c1cc(C#N)ccc21. The Hall–Kier alpha value is -3.10. The normalized spacial score (nSPS) is 19.9. The van der Waals surface area contributed by atoms with Crippen molar-refractivity contribution >= 4 is 16.7 Å². The van der Waals surface area contributed by atoms with Crippen LogP contribution in [0.25, 0.3) is 10.9 Å². The Morgan fingerprint density at radius 3 is 2.86 bits per heavy atom. The number of carbonyl (C=O) groups is 1. The van der Waals surface area contributed by atoms with Crippen LogP contribution in [0.15, 0.2) is 36.4 Å². The predicted octanol–water partition coefficient (Wildman–Crippen LogP) is 4.08. The number of ether oxygens (including phenoxy) is 2. The number of nitrogens with zero attached hydrogens (tertiary/aromatic N) is 1. The van der Waals surface area contributed by atoms with Crippen LogP contribution >= 0.6 is 0 Å². The Balaban J connectivity index is 1.65. The number of nitriles is 1. The van der Waals surface area contributed by atoms with Crippen molar-refractivity contribution in [3.05, 3.63) is 64.3 Å². The third kappa shape index (κ3) is 2.38. The fraction of sp³-hybridized carbons (Fsp3) is 0.304. The van der Waals surface area contributed by atoms with E-state index in [1.165, 1.54) is 0 Å². The maximum absolute atomic E-state index is 13.3. The second kappa shape index (κ2) is 5.95. The third-order valence-electron chi connectivity index (χ3n) is 5.88. The number of fused-ring (bicyclic) bond motifs is 4. The summed E-state index contributed by atoms with van der Waals surface area (Å²) in [6.07, 6.45) is 0.945. The monoisotopic (exact) mass is 372 g/mol. The van der Waals surface area contributed by atoms with E-state index in [4.69, 9.17) is 9.47 Å². The molecule has 5 rings (SSSR count). The Morgan fingerprint density at radius 1 is 1.25 bits per heavy atom. The molecule has 3 aromatic rings. The van der Waals surface area contributed by atoms with Crippen molar-refractivity contribution in [3.63, 3.8) is 0 Å². The highest BCUT2D eigenvalue weighted by molar-refractivity contribution is 6.20. The molecule has 140 valence electrons. The van der Waals surface area contributed by atoms with Crippen LogP contribution in [-0.2, 0) is 10.2 Å². The lowest BCUT2D eigenvalue weighted by atomic mass is 9.71. The van der Waals surface area contributed by atoms with Gasteiger partial charge in [0.2, 0.25) is 0 Å². The fourth-order valence-corrected chi connectivity index (χ4v) is 4.35.